The minimum atomic E-state index is -3.24. The molecule has 0 aliphatic heterocycles. The molecule has 3 rings (SSSR count). The van der Waals surface area contributed by atoms with Gasteiger partial charge in [0.1, 0.15) is 12.9 Å². The van der Waals surface area contributed by atoms with Crippen molar-refractivity contribution in [3.8, 4) is 10.4 Å². The number of aromatic nitrogens is 5. The molecule has 0 saturated heterocycles. The molecule has 0 atom stereocenters. The molecule has 0 fully saturated rings. The lowest BCUT2D eigenvalue weighted by atomic mass is 10.2. The Morgan fingerprint density at radius 2 is 2.00 bits per heavy atom. The SMILES string of the molecule is Cc1nc(NC(=O)Cn2cnnn2)sc1-c1ccc(S(C)(=O)=O)cc1. The standard InChI is InChI=1S/C14H14N6O3S2/c1-9-13(10-3-5-11(6-4-10)25(2,22)23)24-14(16-9)17-12(21)7-20-8-15-18-19-20/h3-6,8H,7H2,1-2H3,(H,16,17,21). The average molecular weight is 378 g/mol. The maximum atomic E-state index is 12.0. The number of carbonyl (C=O) groups is 1. The van der Waals surface area contributed by atoms with Crippen molar-refractivity contribution in [3.63, 3.8) is 0 Å². The van der Waals surface area contributed by atoms with Crippen LogP contribution in [0.2, 0.25) is 0 Å². The fourth-order valence-corrected chi connectivity index (χ4v) is 3.75. The number of sulfone groups is 1. The maximum Gasteiger partial charge on any atom is 0.248 e. The van der Waals surface area contributed by atoms with Crippen LogP contribution in [0.25, 0.3) is 10.4 Å². The van der Waals surface area contributed by atoms with Gasteiger partial charge in [-0.15, -0.1) is 5.10 Å². The molecule has 0 radical (unpaired) electrons. The number of tetrazole rings is 1. The van der Waals surface area contributed by atoms with Crippen LogP contribution in [-0.2, 0) is 21.2 Å². The third-order valence-corrected chi connectivity index (χ3v) is 5.54. The molecule has 9 nitrogen and oxygen atoms in total. The molecule has 0 unspecified atom stereocenters. The molecule has 1 N–H and O–H groups in total. The lowest BCUT2D eigenvalue weighted by Gasteiger charge is -2.01. The number of anilines is 1. The number of hydrogen-bond acceptors (Lipinski definition) is 8. The van der Waals surface area contributed by atoms with E-state index in [2.05, 4.69) is 25.8 Å². The summed E-state index contributed by atoms with van der Waals surface area (Å²) in [6, 6.07) is 6.56. The van der Waals surface area contributed by atoms with E-state index in [1.807, 2.05) is 6.92 Å². The van der Waals surface area contributed by atoms with E-state index in [1.54, 1.807) is 24.3 Å². The molecule has 3 aromatic rings. The summed E-state index contributed by atoms with van der Waals surface area (Å²) >= 11 is 1.31. The average Bonchev–Trinajstić information content (AvgIpc) is 3.16. The number of rotatable bonds is 5. The number of hydrogen-bond donors (Lipinski definition) is 1. The van der Waals surface area contributed by atoms with E-state index in [9.17, 15) is 13.2 Å². The molecule has 25 heavy (non-hydrogen) atoms. The van der Waals surface area contributed by atoms with Crippen LogP contribution in [0.4, 0.5) is 5.13 Å². The van der Waals surface area contributed by atoms with E-state index in [0.29, 0.717) is 5.13 Å². The minimum Gasteiger partial charge on any atom is -0.300 e. The first-order chi connectivity index (χ1) is 11.8. The van der Waals surface area contributed by atoms with E-state index in [1.165, 1.54) is 22.3 Å². The first-order valence-corrected chi connectivity index (χ1v) is 9.82. The Morgan fingerprint density at radius 3 is 2.60 bits per heavy atom. The summed E-state index contributed by atoms with van der Waals surface area (Å²) in [5, 5.41) is 13.7. The summed E-state index contributed by atoms with van der Waals surface area (Å²) in [6.07, 6.45) is 2.51. The Balaban J connectivity index is 1.77. The Morgan fingerprint density at radius 1 is 1.28 bits per heavy atom. The van der Waals surface area contributed by atoms with Crippen LogP contribution >= 0.6 is 11.3 Å². The Labute approximate surface area is 147 Å². The van der Waals surface area contributed by atoms with E-state index in [-0.39, 0.29) is 17.3 Å². The predicted octanol–water partition coefficient (Wildman–Crippen LogP) is 1.15. The molecule has 0 saturated carbocycles. The van der Waals surface area contributed by atoms with Gasteiger partial charge in [0.25, 0.3) is 0 Å². The van der Waals surface area contributed by atoms with Crippen molar-refractivity contribution in [3.05, 3.63) is 36.3 Å². The van der Waals surface area contributed by atoms with Gasteiger partial charge in [-0.1, -0.05) is 23.5 Å². The summed E-state index contributed by atoms with van der Waals surface area (Å²) in [5.74, 6) is -0.292. The molecular weight excluding hydrogens is 364 g/mol. The Kier molecular flexibility index (Phi) is 4.59. The third kappa shape index (κ3) is 4.06. The van der Waals surface area contributed by atoms with Crippen LogP contribution in [0.15, 0.2) is 35.5 Å². The Bertz CT molecular complexity index is 994. The normalized spacial score (nSPS) is 11.4. The second kappa shape index (κ2) is 6.69. The summed E-state index contributed by atoms with van der Waals surface area (Å²) in [5.41, 5.74) is 1.58. The minimum absolute atomic E-state index is 0.00990. The quantitative estimate of drug-likeness (QED) is 0.707. The largest absolute Gasteiger partial charge is 0.300 e. The van der Waals surface area contributed by atoms with Crippen molar-refractivity contribution in [2.45, 2.75) is 18.4 Å². The smallest absolute Gasteiger partial charge is 0.248 e. The number of aryl methyl sites for hydroxylation is 1. The number of nitrogens with one attached hydrogen (secondary N) is 1. The van der Waals surface area contributed by atoms with Gasteiger partial charge in [-0.05, 0) is 35.0 Å². The van der Waals surface area contributed by atoms with Crippen LogP contribution < -0.4 is 5.32 Å². The molecule has 1 amide bonds. The highest BCUT2D eigenvalue weighted by Gasteiger charge is 2.14. The van der Waals surface area contributed by atoms with Crippen molar-refractivity contribution < 1.29 is 13.2 Å². The van der Waals surface area contributed by atoms with Crippen LogP contribution in [0.3, 0.4) is 0 Å². The highest BCUT2D eigenvalue weighted by Crippen LogP contribution is 2.33. The van der Waals surface area contributed by atoms with Crippen molar-refractivity contribution in [1.82, 2.24) is 25.2 Å². The summed E-state index contributed by atoms with van der Waals surface area (Å²) in [4.78, 5) is 17.4. The fourth-order valence-electron chi connectivity index (χ4n) is 2.13. The molecule has 0 aliphatic rings. The zero-order valence-electron chi connectivity index (χ0n) is 13.4. The number of carbonyl (C=O) groups excluding carboxylic acids is 1. The second-order valence-electron chi connectivity index (χ2n) is 5.29. The monoisotopic (exact) mass is 378 g/mol. The molecule has 2 aromatic heterocycles. The van der Waals surface area contributed by atoms with Gasteiger partial charge >= 0.3 is 0 Å². The first-order valence-electron chi connectivity index (χ1n) is 7.11. The molecule has 0 spiro atoms. The van der Waals surface area contributed by atoms with E-state index in [0.717, 1.165) is 22.4 Å². The molecule has 1 aromatic carbocycles. The molecule has 11 heteroatoms. The van der Waals surface area contributed by atoms with E-state index in [4.69, 9.17) is 0 Å². The van der Waals surface area contributed by atoms with Gasteiger partial charge in [0.2, 0.25) is 5.91 Å². The van der Waals surface area contributed by atoms with Crippen LogP contribution in [0, 0.1) is 6.92 Å². The summed E-state index contributed by atoms with van der Waals surface area (Å²) in [6.45, 7) is 1.82. The van der Waals surface area contributed by atoms with Gasteiger partial charge < -0.3 is 5.32 Å². The topological polar surface area (TPSA) is 120 Å². The van der Waals surface area contributed by atoms with Crippen molar-refractivity contribution in [1.29, 1.82) is 0 Å². The van der Waals surface area contributed by atoms with E-state index >= 15 is 0 Å². The number of benzene rings is 1. The van der Waals surface area contributed by atoms with Gasteiger partial charge in [0.15, 0.2) is 15.0 Å². The molecular formula is C14H14N6O3S2. The van der Waals surface area contributed by atoms with Crippen LogP contribution in [0.5, 0.6) is 0 Å². The molecule has 0 bridgehead atoms. The van der Waals surface area contributed by atoms with Gasteiger partial charge in [0.05, 0.1) is 15.5 Å². The van der Waals surface area contributed by atoms with Gasteiger partial charge in [-0.2, -0.15) is 0 Å². The van der Waals surface area contributed by atoms with E-state index < -0.39 is 9.84 Å². The second-order valence-corrected chi connectivity index (χ2v) is 8.30. The highest BCUT2D eigenvalue weighted by molar-refractivity contribution is 7.90. The zero-order chi connectivity index (χ0) is 18.0. The summed E-state index contributed by atoms with van der Waals surface area (Å²) in [7, 11) is -3.24. The Hall–Kier alpha value is -2.66. The maximum absolute atomic E-state index is 12.0. The molecule has 0 aliphatic carbocycles. The van der Waals surface area contributed by atoms with Crippen LogP contribution in [-0.4, -0.2) is 45.8 Å². The fraction of sp³-hybridized carbons (Fsp3) is 0.214. The van der Waals surface area contributed by atoms with Gasteiger partial charge in [-0.3, -0.25) is 4.79 Å². The van der Waals surface area contributed by atoms with Crippen molar-refractivity contribution in [2.24, 2.45) is 0 Å². The zero-order valence-corrected chi connectivity index (χ0v) is 15.0. The number of nitrogens with zero attached hydrogens (tertiary/aromatic N) is 5. The lowest BCUT2D eigenvalue weighted by Crippen LogP contribution is -2.19. The lowest BCUT2D eigenvalue weighted by molar-refractivity contribution is -0.116. The summed E-state index contributed by atoms with van der Waals surface area (Å²) < 4.78 is 24.4. The van der Waals surface area contributed by atoms with Gasteiger partial charge in [0, 0.05) is 6.26 Å². The third-order valence-electron chi connectivity index (χ3n) is 3.28. The van der Waals surface area contributed by atoms with Gasteiger partial charge in [-0.25, -0.2) is 18.1 Å². The molecule has 130 valence electrons. The van der Waals surface area contributed by atoms with Crippen LogP contribution in [0.1, 0.15) is 5.69 Å². The van der Waals surface area contributed by atoms with Crippen molar-refractivity contribution >= 4 is 32.2 Å². The number of thiazole rings is 1. The first kappa shape index (κ1) is 17.2. The predicted molar refractivity (Wildman–Crippen MR) is 91.8 cm³/mol. The van der Waals surface area contributed by atoms with Crippen molar-refractivity contribution in [2.75, 3.05) is 11.6 Å². The highest BCUT2D eigenvalue weighted by atomic mass is 32.2. The number of amides is 1. The molecule has 2 heterocycles.